The Balaban J connectivity index is 2.38. The van der Waals surface area contributed by atoms with Gasteiger partial charge in [-0.3, -0.25) is 4.57 Å². The van der Waals surface area contributed by atoms with Gasteiger partial charge in [-0.1, -0.05) is 12.1 Å². The van der Waals surface area contributed by atoms with Gasteiger partial charge in [-0.15, -0.1) is 0 Å². The molecule has 0 aliphatic heterocycles. The minimum Gasteiger partial charge on any atom is -0.369 e. The van der Waals surface area contributed by atoms with Gasteiger partial charge in [0.05, 0.1) is 5.69 Å². The third-order valence-corrected chi connectivity index (χ3v) is 2.76. The molecule has 0 amide bonds. The number of halogens is 1. The summed E-state index contributed by atoms with van der Waals surface area (Å²) < 4.78 is 15.4. The minimum absolute atomic E-state index is 0.230. The summed E-state index contributed by atoms with van der Waals surface area (Å²) in [6, 6.07) is 10.1. The van der Waals surface area contributed by atoms with E-state index in [0.717, 1.165) is 5.69 Å². The van der Waals surface area contributed by atoms with Gasteiger partial charge in [-0.2, -0.15) is 0 Å². The fourth-order valence-corrected chi connectivity index (χ4v) is 1.94. The summed E-state index contributed by atoms with van der Waals surface area (Å²) in [5, 5.41) is 0. The molecular formula is C13H11FN4. The summed E-state index contributed by atoms with van der Waals surface area (Å²) in [6.07, 6.45) is 0. The number of nitrogens with two attached hydrogens (primary N) is 1. The van der Waals surface area contributed by atoms with Gasteiger partial charge in [0, 0.05) is 5.69 Å². The fourth-order valence-electron chi connectivity index (χ4n) is 1.94. The van der Waals surface area contributed by atoms with Crippen LogP contribution in [0.4, 0.5) is 10.3 Å². The highest BCUT2D eigenvalue weighted by Crippen LogP contribution is 2.23. The van der Waals surface area contributed by atoms with E-state index in [4.69, 9.17) is 5.73 Å². The number of rotatable bonds is 1. The maximum absolute atomic E-state index is 13.8. The van der Waals surface area contributed by atoms with Crippen LogP contribution in [0.5, 0.6) is 0 Å². The lowest BCUT2D eigenvalue weighted by Gasteiger charge is -2.06. The molecule has 0 fully saturated rings. The van der Waals surface area contributed by atoms with Crippen molar-refractivity contribution in [2.75, 3.05) is 5.73 Å². The maximum atomic E-state index is 13.8. The third-order valence-electron chi connectivity index (χ3n) is 2.76. The predicted molar refractivity (Wildman–Crippen MR) is 68.0 cm³/mol. The summed E-state index contributed by atoms with van der Waals surface area (Å²) >= 11 is 0. The zero-order valence-electron chi connectivity index (χ0n) is 9.76. The van der Waals surface area contributed by atoms with Crippen LogP contribution in [0.1, 0.15) is 5.69 Å². The van der Waals surface area contributed by atoms with Crippen LogP contribution in [0.2, 0.25) is 0 Å². The number of fused-ring (bicyclic) bond motifs is 1. The normalized spacial score (nSPS) is 11.0. The molecule has 1 aromatic carbocycles. The van der Waals surface area contributed by atoms with E-state index >= 15 is 0 Å². The lowest BCUT2D eigenvalue weighted by atomic mass is 10.3. The molecule has 0 aliphatic rings. The van der Waals surface area contributed by atoms with Gasteiger partial charge < -0.3 is 5.73 Å². The quantitative estimate of drug-likeness (QED) is 0.713. The number of pyridine rings is 1. The van der Waals surface area contributed by atoms with Gasteiger partial charge in [0.2, 0.25) is 5.95 Å². The number of aromatic nitrogens is 3. The Morgan fingerprint density at radius 1 is 1.11 bits per heavy atom. The van der Waals surface area contributed by atoms with E-state index in [1.807, 2.05) is 19.1 Å². The number of hydrogen-bond acceptors (Lipinski definition) is 3. The minimum atomic E-state index is -0.355. The second-order valence-electron chi connectivity index (χ2n) is 4.05. The van der Waals surface area contributed by atoms with Crippen LogP contribution in [0.15, 0.2) is 36.4 Å². The third kappa shape index (κ3) is 1.52. The Morgan fingerprint density at radius 3 is 2.67 bits per heavy atom. The standard InChI is InChI=1S/C13H11FN4/c1-8-6-7-10-12(16-8)18(13(15)17-10)11-5-3-2-4-9(11)14/h2-7H,1H3,(H2,15,17). The van der Waals surface area contributed by atoms with Crippen molar-refractivity contribution >= 4 is 17.1 Å². The Kier molecular flexibility index (Phi) is 2.26. The van der Waals surface area contributed by atoms with Crippen LogP contribution in [-0.2, 0) is 0 Å². The van der Waals surface area contributed by atoms with Gasteiger partial charge in [-0.25, -0.2) is 14.4 Å². The topological polar surface area (TPSA) is 56.7 Å². The number of anilines is 1. The van der Waals surface area contributed by atoms with E-state index in [9.17, 15) is 4.39 Å². The molecule has 0 saturated heterocycles. The number of nitrogen functional groups attached to an aromatic ring is 1. The molecular weight excluding hydrogens is 231 g/mol. The summed E-state index contributed by atoms with van der Waals surface area (Å²) in [7, 11) is 0. The molecule has 0 aliphatic carbocycles. The van der Waals surface area contributed by atoms with Crippen molar-refractivity contribution in [2.45, 2.75) is 6.92 Å². The first-order chi connectivity index (χ1) is 8.66. The maximum Gasteiger partial charge on any atom is 0.207 e. The summed E-state index contributed by atoms with van der Waals surface area (Å²) in [6.45, 7) is 1.87. The molecule has 0 radical (unpaired) electrons. The number of aryl methyl sites for hydroxylation is 1. The highest BCUT2D eigenvalue weighted by molar-refractivity contribution is 5.77. The molecule has 0 atom stereocenters. The van der Waals surface area contributed by atoms with Crippen molar-refractivity contribution in [1.82, 2.24) is 14.5 Å². The first kappa shape index (κ1) is 10.7. The van der Waals surface area contributed by atoms with Crippen LogP contribution in [0, 0.1) is 12.7 Å². The number of hydrogen-bond donors (Lipinski definition) is 1. The van der Waals surface area contributed by atoms with Crippen LogP contribution >= 0.6 is 0 Å². The average molecular weight is 242 g/mol. The Labute approximate surface area is 103 Å². The average Bonchev–Trinajstić information content (AvgIpc) is 2.66. The molecule has 0 saturated carbocycles. The van der Waals surface area contributed by atoms with Crippen molar-refractivity contribution < 1.29 is 4.39 Å². The number of nitrogens with zero attached hydrogens (tertiary/aromatic N) is 3. The summed E-state index contributed by atoms with van der Waals surface area (Å²) in [4.78, 5) is 8.55. The summed E-state index contributed by atoms with van der Waals surface area (Å²) in [5.74, 6) is -0.125. The second-order valence-corrected chi connectivity index (χ2v) is 4.05. The molecule has 4 nitrogen and oxygen atoms in total. The van der Waals surface area contributed by atoms with Gasteiger partial charge >= 0.3 is 0 Å². The lowest BCUT2D eigenvalue weighted by molar-refractivity contribution is 0.619. The van der Waals surface area contributed by atoms with Gasteiger partial charge in [0.1, 0.15) is 11.3 Å². The molecule has 0 unspecified atom stereocenters. The van der Waals surface area contributed by atoms with Gasteiger partial charge in [-0.05, 0) is 31.2 Å². The molecule has 3 rings (SSSR count). The number of benzene rings is 1. The van der Waals surface area contributed by atoms with Crippen LogP contribution in [0.3, 0.4) is 0 Å². The first-order valence-electron chi connectivity index (χ1n) is 5.53. The van der Waals surface area contributed by atoms with E-state index in [0.29, 0.717) is 16.9 Å². The molecule has 3 aromatic rings. The lowest BCUT2D eigenvalue weighted by Crippen LogP contribution is -2.03. The van der Waals surface area contributed by atoms with Crippen molar-refractivity contribution in [2.24, 2.45) is 0 Å². The SMILES string of the molecule is Cc1ccc2nc(N)n(-c3ccccc3F)c2n1. The zero-order chi connectivity index (χ0) is 12.7. The second kappa shape index (κ2) is 3.80. The molecule has 2 aromatic heterocycles. The molecule has 18 heavy (non-hydrogen) atoms. The molecule has 2 heterocycles. The molecule has 90 valence electrons. The molecule has 0 bridgehead atoms. The van der Waals surface area contributed by atoms with Gasteiger partial charge in [0.15, 0.2) is 5.65 Å². The van der Waals surface area contributed by atoms with Crippen molar-refractivity contribution in [3.8, 4) is 5.69 Å². The molecule has 0 spiro atoms. The number of para-hydroxylation sites is 1. The van der Waals surface area contributed by atoms with E-state index in [1.165, 1.54) is 10.6 Å². The Hall–Kier alpha value is -2.43. The van der Waals surface area contributed by atoms with E-state index in [-0.39, 0.29) is 11.8 Å². The van der Waals surface area contributed by atoms with Crippen molar-refractivity contribution in [1.29, 1.82) is 0 Å². The Bertz CT molecular complexity index is 733. The smallest absolute Gasteiger partial charge is 0.207 e. The zero-order valence-corrected chi connectivity index (χ0v) is 9.76. The fraction of sp³-hybridized carbons (Fsp3) is 0.0769. The first-order valence-corrected chi connectivity index (χ1v) is 5.53. The van der Waals surface area contributed by atoms with Gasteiger partial charge in [0.25, 0.3) is 0 Å². The predicted octanol–water partition coefficient (Wildman–Crippen LogP) is 2.45. The highest BCUT2D eigenvalue weighted by atomic mass is 19.1. The van der Waals surface area contributed by atoms with Crippen LogP contribution in [0.25, 0.3) is 16.9 Å². The van der Waals surface area contributed by atoms with E-state index in [2.05, 4.69) is 9.97 Å². The summed E-state index contributed by atoms with van der Waals surface area (Å²) in [5.41, 5.74) is 8.26. The number of imidazole rings is 1. The Morgan fingerprint density at radius 2 is 1.89 bits per heavy atom. The highest BCUT2D eigenvalue weighted by Gasteiger charge is 2.13. The van der Waals surface area contributed by atoms with Crippen LogP contribution < -0.4 is 5.73 Å². The van der Waals surface area contributed by atoms with E-state index < -0.39 is 0 Å². The largest absolute Gasteiger partial charge is 0.369 e. The van der Waals surface area contributed by atoms with Crippen molar-refractivity contribution in [3.63, 3.8) is 0 Å². The monoisotopic (exact) mass is 242 g/mol. The molecule has 5 heteroatoms. The van der Waals surface area contributed by atoms with Crippen LogP contribution in [-0.4, -0.2) is 14.5 Å². The van der Waals surface area contributed by atoms with E-state index in [1.54, 1.807) is 18.2 Å². The van der Waals surface area contributed by atoms with Crippen molar-refractivity contribution in [3.05, 3.63) is 47.9 Å². The molecule has 2 N–H and O–H groups in total.